The first-order chi connectivity index (χ1) is 15.3. The van der Waals surface area contributed by atoms with Gasteiger partial charge in [0.05, 0.1) is 0 Å². The van der Waals surface area contributed by atoms with E-state index in [4.69, 9.17) is 4.99 Å². The molecule has 0 aliphatic carbocycles. The molecule has 2 N–H and O–H groups in total. The molecular formula is C26H40IN5. The van der Waals surface area contributed by atoms with Gasteiger partial charge in [0.25, 0.3) is 0 Å². The van der Waals surface area contributed by atoms with Gasteiger partial charge < -0.3 is 15.5 Å². The highest BCUT2D eigenvalue weighted by molar-refractivity contribution is 14.0. The molecule has 3 rings (SSSR count). The summed E-state index contributed by atoms with van der Waals surface area (Å²) in [5.74, 6) is 1.28. The van der Waals surface area contributed by atoms with Gasteiger partial charge in [0.2, 0.25) is 0 Å². The third kappa shape index (κ3) is 9.08. The molecule has 1 unspecified atom stereocenters. The van der Waals surface area contributed by atoms with E-state index in [1.807, 2.05) is 0 Å². The number of benzene rings is 2. The van der Waals surface area contributed by atoms with E-state index in [1.54, 1.807) is 0 Å². The lowest BCUT2D eigenvalue weighted by molar-refractivity contribution is 0.139. The van der Waals surface area contributed by atoms with Gasteiger partial charge in [-0.2, -0.15) is 0 Å². The summed E-state index contributed by atoms with van der Waals surface area (Å²) in [6, 6.07) is 21.5. The van der Waals surface area contributed by atoms with Crippen LogP contribution in [-0.4, -0.2) is 74.7 Å². The summed E-state index contributed by atoms with van der Waals surface area (Å²) in [5.41, 5.74) is 2.70. The van der Waals surface area contributed by atoms with E-state index in [1.165, 1.54) is 24.2 Å². The Kier molecular flexibility index (Phi) is 12.7. The average Bonchev–Trinajstić information content (AvgIpc) is 2.83. The molecular weight excluding hydrogens is 509 g/mol. The number of hydrogen-bond donors (Lipinski definition) is 2. The number of rotatable bonds is 10. The van der Waals surface area contributed by atoms with Crippen LogP contribution < -0.4 is 10.6 Å². The van der Waals surface area contributed by atoms with Gasteiger partial charge in [0.1, 0.15) is 0 Å². The first-order valence-electron chi connectivity index (χ1n) is 11.8. The third-order valence-corrected chi connectivity index (χ3v) is 6.04. The number of piperazine rings is 1. The monoisotopic (exact) mass is 549 g/mol. The van der Waals surface area contributed by atoms with Crippen molar-refractivity contribution < 1.29 is 0 Å². The second-order valence-electron chi connectivity index (χ2n) is 8.22. The normalized spacial score (nSPS) is 16.2. The molecule has 0 bridgehead atoms. The Hall–Kier alpha value is -1.64. The van der Waals surface area contributed by atoms with E-state index < -0.39 is 0 Å². The minimum atomic E-state index is 0. The quantitative estimate of drug-likeness (QED) is 0.269. The first kappa shape index (κ1) is 26.6. The van der Waals surface area contributed by atoms with E-state index in [2.05, 4.69) is 94.9 Å². The lowest BCUT2D eigenvalue weighted by atomic mass is 9.92. The fourth-order valence-electron chi connectivity index (χ4n) is 4.12. The molecule has 1 aliphatic rings. The Morgan fingerprint density at radius 3 is 2.12 bits per heavy atom. The second kappa shape index (κ2) is 15.2. The Balaban J connectivity index is 0.00000363. The van der Waals surface area contributed by atoms with E-state index in [0.29, 0.717) is 5.92 Å². The van der Waals surface area contributed by atoms with Crippen LogP contribution in [0, 0.1) is 0 Å². The van der Waals surface area contributed by atoms with E-state index in [0.717, 1.165) is 58.2 Å². The second-order valence-corrected chi connectivity index (χ2v) is 8.22. The van der Waals surface area contributed by atoms with Crippen molar-refractivity contribution in [3.63, 3.8) is 0 Å². The zero-order chi connectivity index (χ0) is 21.7. The van der Waals surface area contributed by atoms with Crippen molar-refractivity contribution in [3.8, 4) is 0 Å². The Labute approximate surface area is 211 Å². The minimum absolute atomic E-state index is 0. The van der Waals surface area contributed by atoms with Crippen molar-refractivity contribution in [2.45, 2.75) is 26.2 Å². The van der Waals surface area contributed by atoms with Crippen LogP contribution in [0.25, 0.3) is 0 Å². The highest BCUT2D eigenvalue weighted by Crippen LogP contribution is 2.21. The van der Waals surface area contributed by atoms with Gasteiger partial charge in [0.15, 0.2) is 5.96 Å². The fraction of sp³-hybridized carbons (Fsp3) is 0.500. The third-order valence-electron chi connectivity index (χ3n) is 6.04. The number of guanidine groups is 1. The van der Waals surface area contributed by atoms with Gasteiger partial charge in [-0.15, -0.1) is 24.0 Å². The van der Waals surface area contributed by atoms with E-state index in [9.17, 15) is 0 Å². The summed E-state index contributed by atoms with van der Waals surface area (Å²) in [6.45, 7) is 13.9. The van der Waals surface area contributed by atoms with Crippen LogP contribution in [-0.2, 0) is 6.42 Å². The lowest BCUT2D eigenvalue weighted by Gasteiger charge is -2.34. The van der Waals surface area contributed by atoms with Crippen LogP contribution in [0.3, 0.4) is 0 Å². The molecule has 6 heteroatoms. The molecule has 1 atom stereocenters. The summed E-state index contributed by atoms with van der Waals surface area (Å²) in [6.07, 6.45) is 0.996. The predicted molar refractivity (Wildman–Crippen MR) is 147 cm³/mol. The van der Waals surface area contributed by atoms with Gasteiger partial charge in [-0.25, -0.2) is 0 Å². The zero-order valence-corrected chi connectivity index (χ0v) is 22.0. The van der Waals surface area contributed by atoms with Crippen molar-refractivity contribution in [3.05, 3.63) is 71.8 Å². The molecule has 1 heterocycles. The van der Waals surface area contributed by atoms with Crippen molar-refractivity contribution >= 4 is 29.9 Å². The number of nitrogens with one attached hydrogen (secondary N) is 2. The maximum Gasteiger partial charge on any atom is 0.191 e. The summed E-state index contributed by atoms with van der Waals surface area (Å²) in [7, 11) is 0. The van der Waals surface area contributed by atoms with Crippen molar-refractivity contribution in [1.29, 1.82) is 0 Å². The van der Waals surface area contributed by atoms with E-state index >= 15 is 0 Å². The summed E-state index contributed by atoms with van der Waals surface area (Å²) in [4.78, 5) is 10.0. The number of hydrogen-bond acceptors (Lipinski definition) is 3. The first-order valence-corrected chi connectivity index (χ1v) is 11.8. The Morgan fingerprint density at radius 2 is 1.50 bits per heavy atom. The van der Waals surface area contributed by atoms with Crippen molar-refractivity contribution in [2.75, 3.05) is 58.9 Å². The lowest BCUT2D eigenvalue weighted by Crippen LogP contribution is -2.49. The maximum atomic E-state index is 4.96. The van der Waals surface area contributed by atoms with Gasteiger partial charge in [-0.1, -0.05) is 67.6 Å². The van der Waals surface area contributed by atoms with Crippen LogP contribution in [0.5, 0.6) is 0 Å². The molecule has 2 aromatic rings. The average molecular weight is 550 g/mol. The topological polar surface area (TPSA) is 42.9 Å². The van der Waals surface area contributed by atoms with Gasteiger partial charge in [-0.3, -0.25) is 9.89 Å². The van der Waals surface area contributed by atoms with Gasteiger partial charge in [-0.05, 0) is 31.0 Å². The summed E-state index contributed by atoms with van der Waals surface area (Å²) in [5, 5.41) is 6.97. The summed E-state index contributed by atoms with van der Waals surface area (Å²) < 4.78 is 0. The van der Waals surface area contributed by atoms with Crippen LogP contribution in [0.2, 0.25) is 0 Å². The minimum Gasteiger partial charge on any atom is -0.357 e. The Bertz CT molecular complexity index is 760. The molecule has 176 valence electrons. The Morgan fingerprint density at radius 1 is 0.875 bits per heavy atom. The standard InChI is InChI=1S/C26H39N5.HI/c1-3-27-26(28-15-16-31-19-17-30(4-2)18-20-31)29-22-25(24-13-9-6-10-14-24)21-23-11-7-5-8-12-23;/h5-14,25H,3-4,15-22H2,1-2H3,(H2,27,28,29);1H. The predicted octanol–water partition coefficient (Wildman–Crippen LogP) is 3.82. The molecule has 1 fully saturated rings. The van der Waals surface area contributed by atoms with Gasteiger partial charge >= 0.3 is 0 Å². The molecule has 0 aromatic heterocycles. The van der Waals surface area contributed by atoms with Crippen molar-refractivity contribution in [1.82, 2.24) is 20.4 Å². The van der Waals surface area contributed by atoms with E-state index in [-0.39, 0.29) is 24.0 Å². The molecule has 0 amide bonds. The van der Waals surface area contributed by atoms with Gasteiger partial charge in [0, 0.05) is 58.3 Å². The highest BCUT2D eigenvalue weighted by Gasteiger charge is 2.15. The zero-order valence-electron chi connectivity index (χ0n) is 19.7. The van der Waals surface area contributed by atoms with Crippen LogP contribution in [0.15, 0.2) is 65.7 Å². The molecule has 2 aromatic carbocycles. The molecule has 0 spiro atoms. The molecule has 32 heavy (non-hydrogen) atoms. The molecule has 1 aliphatic heterocycles. The SMILES string of the molecule is CCNC(=NCC(Cc1ccccc1)c1ccccc1)NCCN1CCN(CC)CC1.I. The number of halogens is 1. The molecule has 5 nitrogen and oxygen atoms in total. The molecule has 1 saturated heterocycles. The largest absolute Gasteiger partial charge is 0.357 e. The van der Waals surface area contributed by atoms with Crippen LogP contribution in [0.1, 0.15) is 30.9 Å². The fourth-order valence-corrected chi connectivity index (χ4v) is 4.12. The maximum absolute atomic E-state index is 4.96. The number of aliphatic imine (C=N–C) groups is 1. The smallest absolute Gasteiger partial charge is 0.191 e. The van der Waals surface area contributed by atoms with Crippen LogP contribution >= 0.6 is 24.0 Å². The summed E-state index contributed by atoms with van der Waals surface area (Å²) >= 11 is 0. The van der Waals surface area contributed by atoms with Crippen LogP contribution in [0.4, 0.5) is 0 Å². The molecule has 0 radical (unpaired) electrons. The molecule has 0 saturated carbocycles. The van der Waals surface area contributed by atoms with Crippen molar-refractivity contribution in [2.24, 2.45) is 4.99 Å². The number of likely N-dealkylation sites (N-methyl/N-ethyl adjacent to an activating group) is 1. The number of nitrogens with zero attached hydrogens (tertiary/aromatic N) is 3. The highest BCUT2D eigenvalue weighted by atomic mass is 127.